The van der Waals surface area contributed by atoms with Crippen LogP contribution in [0, 0.1) is 0 Å². The Morgan fingerprint density at radius 1 is 0.923 bits per heavy atom. The molecule has 3 atom stereocenters. The van der Waals surface area contributed by atoms with Crippen molar-refractivity contribution in [2.75, 3.05) is 6.61 Å². The summed E-state index contributed by atoms with van der Waals surface area (Å²) in [6.45, 7) is 5.50. The maximum Gasteiger partial charge on any atom is 0.407 e. The Morgan fingerprint density at radius 2 is 1.51 bits per heavy atom. The minimum Gasteiger partial charge on any atom is -0.480 e. The molecular formula is C31H32N2O6. The van der Waals surface area contributed by atoms with Gasteiger partial charge in [0.1, 0.15) is 12.6 Å². The summed E-state index contributed by atoms with van der Waals surface area (Å²) in [6.07, 6.45) is -0.0506. The van der Waals surface area contributed by atoms with Gasteiger partial charge in [0.25, 0.3) is 0 Å². The first-order valence-corrected chi connectivity index (χ1v) is 12.8. The number of carbonyl (C=O) groups is 3. The summed E-state index contributed by atoms with van der Waals surface area (Å²) in [5.41, 5.74) is 5.23. The molecule has 4 rings (SSSR count). The quantitative estimate of drug-likeness (QED) is 0.295. The molecule has 0 spiro atoms. The summed E-state index contributed by atoms with van der Waals surface area (Å²) in [5.74, 6) is -2.05. The number of aliphatic carboxylic acids is 1. The maximum absolute atomic E-state index is 13.0. The van der Waals surface area contributed by atoms with Crippen LogP contribution in [-0.4, -0.2) is 47.9 Å². The van der Waals surface area contributed by atoms with Crippen molar-refractivity contribution in [3.05, 3.63) is 108 Å². The van der Waals surface area contributed by atoms with Crippen molar-refractivity contribution in [2.24, 2.45) is 0 Å². The van der Waals surface area contributed by atoms with E-state index in [9.17, 15) is 19.5 Å². The molecule has 202 valence electrons. The number of carboxylic acid groups (broad SMARTS) is 1. The molecule has 1 aliphatic carbocycles. The second-order valence-electron chi connectivity index (χ2n) is 9.37. The smallest absolute Gasteiger partial charge is 0.407 e. The summed E-state index contributed by atoms with van der Waals surface area (Å²) >= 11 is 0. The molecule has 0 aromatic heterocycles. The summed E-state index contributed by atoms with van der Waals surface area (Å²) in [5, 5.41) is 14.8. The van der Waals surface area contributed by atoms with Crippen LogP contribution in [0.25, 0.3) is 11.1 Å². The van der Waals surface area contributed by atoms with Crippen molar-refractivity contribution in [3.63, 3.8) is 0 Å². The van der Waals surface area contributed by atoms with Crippen molar-refractivity contribution in [2.45, 2.75) is 44.1 Å². The fourth-order valence-corrected chi connectivity index (χ4v) is 4.71. The molecule has 0 bridgehead atoms. The molecule has 0 saturated heterocycles. The first-order chi connectivity index (χ1) is 18.9. The van der Waals surface area contributed by atoms with Crippen molar-refractivity contribution < 1.29 is 29.0 Å². The molecule has 1 unspecified atom stereocenters. The maximum atomic E-state index is 13.0. The topological polar surface area (TPSA) is 114 Å². The van der Waals surface area contributed by atoms with Gasteiger partial charge in [0.2, 0.25) is 5.91 Å². The molecule has 0 fully saturated rings. The lowest BCUT2D eigenvalue weighted by molar-refractivity contribution is -0.146. The SMILES string of the molecule is C=CCC(NC(=O)OCC1c2ccccc2-c2ccccc21)C(=O)N[C@H](C(=O)O)[C@@H](C)OCc1ccccc1. The zero-order chi connectivity index (χ0) is 27.8. The van der Waals surface area contributed by atoms with E-state index in [1.807, 2.05) is 78.9 Å². The molecular weight excluding hydrogens is 496 g/mol. The van der Waals surface area contributed by atoms with Crippen molar-refractivity contribution in [1.29, 1.82) is 0 Å². The first-order valence-electron chi connectivity index (χ1n) is 12.8. The molecule has 8 nitrogen and oxygen atoms in total. The highest BCUT2D eigenvalue weighted by molar-refractivity contribution is 5.89. The van der Waals surface area contributed by atoms with Crippen LogP contribution in [0.4, 0.5) is 4.79 Å². The average Bonchev–Trinajstić information content (AvgIpc) is 3.27. The predicted octanol–water partition coefficient (Wildman–Crippen LogP) is 4.64. The van der Waals surface area contributed by atoms with Crippen LogP contribution >= 0.6 is 0 Å². The molecule has 8 heteroatoms. The van der Waals surface area contributed by atoms with Crippen LogP contribution in [0.3, 0.4) is 0 Å². The highest BCUT2D eigenvalue weighted by Gasteiger charge is 2.32. The minimum atomic E-state index is -1.32. The van der Waals surface area contributed by atoms with E-state index in [4.69, 9.17) is 9.47 Å². The third-order valence-electron chi connectivity index (χ3n) is 6.74. The standard InChI is InChI=1S/C31H32N2O6/c1-3-11-27(29(34)33-28(30(35)36)20(2)38-18-21-12-5-4-6-13-21)32-31(37)39-19-26-24-16-9-7-14-22(24)23-15-8-10-17-25(23)26/h3-10,12-17,20,26-28H,1,11,18-19H2,2H3,(H,32,37)(H,33,34)(H,35,36)/t20-,27?,28+/m1/s1. The molecule has 0 heterocycles. The molecule has 3 aromatic rings. The van der Waals surface area contributed by atoms with Gasteiger partial charge in [0.05, 0.1) is 12.7 Å². The number of benzene rings is 3. The molecule has 0 aliphatic heterocycles. The zero-order valence-corrected chi connectivity index (χ0v) is 21.7. The number of hydrogen-bond acceptors (Lipinski definition) is 5. The lowest BCUT2D eigenvalue weighted by atomic mass is 9.98. The predicted molar refractivity (Wildman–Crippen MR) is 147 cm³/mol. The van der Waals surface area contributed by atoms with Crippen LogP contribution in [0.5, 0.6) is 0 Å². The van der Waals surface area contributed by atoms with Crippen molar-refractivity contribution >= 4 is 18.0 Å². The lowest BCUT2D eigenvalue weighted by Gasteiger charge is -2.25. The Kier molecular flexibility index (Phi) is 9.12. The molecule has 3 aromatic carbocycles. The van der Waals surface area contributed by atoms with Gasteiger partial charge in [-0.3, -0.25) is 4.79 Å². The number of rotatable bonds is 12. The monoisotopic (exact) mass is 528 g/mol. The van der Waals surface area contributed by atoms with Crippen LogP contribution in [-0.2, 0) is 25.7 Å². The molecule has 0 saturated carbocycles. The molecule has 39 heavy (non-hydrogen) atoms. The molecule has 2 amide bonds. The molecule has 1 aliphatic rings. The zero-order valence-electron chi connectivity index (χ0n) is 21.7. The van der Waals surface area contributed by atoms with Gasteiger partial charge in [-0.15, -0.1) is 6.58 Å². The van der Waals surface area contributed by atoms with Gasteiger partial charge in [-0.2, -0.15) is 0 Å². The largest absolute Gasteiger partial charge is 0.480 e. The van der Waals surface area contributed by atoms with Gasteiger partial charge in [-0.05, 0) is 41.2 Å². The van der Waals surface area contributed by atoms with E-state index in [0.29, 0.717) is 0 Å². The minimum absolute atomic E-state index is 0.0849. The number of carboxylic acids is 1. The van der Waals surface area contributed by atoms with Gasteiger partial charge < -0.3 is 25.2 Å². The second-order valence-corrected chi connectivity index (χ2v) is 9.37. The van der Waals surface area contributed by atoms with Gasteiger partial charge in [0.15, 0.2) is 6.04 Å². The van der Waals surface area contributed by atoms with Crippen LogP contribution in [0.2, 0.25) is 0 Å². The summed E-state index contributed by atoms with van der Waals surface area (Å²) in [6, 6.07) is 22.9. The highest BCUT2D eigenvalue weighted by Crippen LogP contribution is 2.44. The van der Waals surface area contributed by atoms with E-state index in [2.05, 4.69) is 17.2 Å². The number of ether oxygens (including phenoxy) is 2. The van der Waals surface area contributed by atoms with E-state index in [0.717, 1.165) is 27.8 Å². The number of hydrogen-bond donors (Lipinski definition) is 3. The van der Waals surface area contributed by atoms with Gasteiger partial charge in [0, 0.05) is 5.92 Å². The van der Waals surface area contributed by atoms with E-state index < -0.39 is 36.2 Å². The summed E-state index contributed by atoms with van der Waals surface area (Å²) in [4.78, 5) is 37.7. The van der Waals surface area contributed by atoms with Crippen molar-refractivity contribution in [3.8, 4) is 11.1 Å². The molecule has 0 radical (unpaired) electrons. The number of carbonyl (C=O) groups excluding carboxylic acids is 2. The van der Waals surface area contributed by atoms with E-state index in [1.165, 1.54) is 6.08 Å². The number of nitrogens with one attached hydrogen (secondary N) is 2. The second kappa shape index (κ2) is 12.9. The van der Waals surface area contributed by atoms with Gasteiger partial charge in [-0.1, -0.05) is 84.9 Å². The summed E-state index contributed by atoms with van der Waals surface area (Å²) < 4.78 is 11.2. The van der Waals surface area contributed by atoms with E-state index in [1.54, 1.807) is 6.92 Å². The Balaban J connectivity index is 1.36. The fraction of sp³-hybridized carbons (Fsp3) is 0.258. The third kappa shape index (κ3) is 6.72. The third-order valence-corrected chi connectivity index (χ3v) is 6.74. The fourth-order valence-electron chi connectivity index (χ4n) is 4.71. The van der Waals surface area contributed by atoms with Crippen molar-refractivity contribution in [1.82, 2.24) is 10.6 Å². The van der Waals surface area contributed by atoms with Gasteiger partial charge >= 0.3 is 12.1 Å². The Bertz CT molecular complexity index is 1280. The Labute approximate surface area is 227 Å². The number of fused-ring (bicyclic) bond motifs is 3. The van der Waals surface area contributed by atoms with Crippen LogP contribution < -0.4 is 10.6 Å². The molecule has 3 N–H and O–H groups in total. The highest BCUT2D eigenvalue weighted by atomic mass is 16.5. The Hall–Kier alpha value is -4.43. The average molecular weight is 529 g/mol. The van der Waals surface area contributed by atoms with Crippen LogP contribution in [0.15, 0.2) is 91.5 Å². The number of alkyl carbamates (subject to hydrolysis) is 1. The van der Waals surface area contributed by atoms with E-state index in [-0.39, 0.29) is 25.6 Å². The number of amides is 2. The Morgan fingerprint density at radius 3 is 2.10 bits per heavy atom. The first kappa shape index (κ1) is 27.6. The normalized spacial score (nSPS) is 14.3. The van der Waals surface area contributed by atoms with Crippen LogP contribution in [0.1, 0.15) is 36.0 Å². The van der Waals surface area contributed by atoms with E-state index >= 15 is 0 Å². The lowest BCUT2D eigenvalue weighted by Crippen LogP contribution is -2.55. The van der Waals surface area contributed by atoms with Gasteiger partial charge in [-0.25, -0.2) is 9.59 Å². The summed E-state index contributed by atoms with van der Waals surface area (Å²) in [7, 11) is 0.